The highest BCUT2D eigenvalue weighted by molar-refractivity contribution is 6.29. The summed E-state index contributed by atoms with van der Waals surface area (Å²) in [4.78, 5) is 19.6. The number of nitrogens with zero attached hydrogens (tertiary/aromatic N) is 3. The van der Waals surface area contributed by atoms with Crippen LogP contribution >= 0.6 is 11.6 Å². The van der Waals surface area contributed by atoms with Crippen LogP contribution in [0.15, 0.2) is 22.7 Å². The Kier molecular flexibility index (Phi) is 3.88. The average Bonchev–Trinajstić information content (AvgIpc) is 2.75. The van der Waals surface area contributed by atoms with Crippen molar-refractivity contribution in [1.82, 2.24) is 20.4 Å². The van der Waals surface area contributed by atoms with E-state index in [1.807, 2.05) is 0 Å². The summed E-state index contributed by atoms with van der Waals surface area (Å²) in [5.41, 5.74) is 0.284. The second-order valence-corrected chi connectivity index (χ2v) is 3.97. The van der Waals surface area contributed by atoms with Crippen molar-refractivity contribution in [3.8, 4) is 0 Å². The summed E-state index contributed by atoms with van der Waals surface area (Å²) in [5, 5.41) is 6.72. The van der Waals surface area contributed by atoms with Crippen LogP contribution in [0.4, 0.5) is 0 Å². The van der Waals surface area contributed by atoms with Gasteiger partial charge in [-0.2, -0.15) is 4.98 Å². The first-order chi connectivity index (χ1) is 8.65. The maximum absolute atomic E-state index is 11.7. The van der Waals surface area contributed by atoms with Gasteiger partial charge in [0.2, 0.25) is 5.89 Å². The molecule has 0 saturated heterocycles. The van der Waals surface area contributed by atoms with Gasteiger partial charge in [0.25, 0.3) is 5.91 Å². The minimum Gasteiger partial charge on any atom is -0.350 e. The van der Waals surface area contributed by atoms with E-state index in [0.29, 0.717) is 24.7 Å². The van der Waals surface area contributed by atoms with Crippen LogP contribution in [-0.4, -0.2) is 27.6 Å². The van der Waals surface area contributed by atoms with Crippen LogP contribution in [0, 0.1) is 6.92 Å². The Morgan fingerprint density at radius 2 is 2.28 bits per heavy atom. The maximum atomic E-state index is 11.7. The van der Waals surface area contributed by atoms with Gasteiger partial charge in [0.05, 0.1) is 0 Å². The first-order valence-corrected chi connectivity index (χ1v) is 5.73. The lowest BCUT2D eigenvalue weighted by Crippen LogP contribution is -2.26. The third kappa shape index (κ3) is 3.27. The summed E-state index contributed by atoms with van der Waals surface area (Å²) < 4.78 is 4.82. The molecule has 2 aromatic heterocycles. The van der Waals surface area contributed by atoms with Gasteiger partial charge in [0, 0.05) is 19.9 Å². The van der Waals surface area contributed by atoms with Crippen LogP contribution in [0.3, 0.4) is 0 Å². The molecular weight excluding hydrogens is 256 g/mol. The zero-order valence-electron chi connectivity index (χ0n) is 9.68. The lowest BCUT2D eigenvalue weighted by atomic mass is 10.3. The lowest BCUT2D eigenvalue weighted by Gasteiger charge is -2.02. The van der Waals surface area contributed by atoms with Crippen LogP contribution in [0.2, 0.25) is 5.15 Å². The van der Waals surface area contributed by atoms with Gasteiger partial charge in [0.15, 0.2) is 5.82 Å². The topological polar surface area (TPSA) is 80.9 Å². The predicted octanol–water partition coefficient (Wildman–Crippen LogP) is 1.40. The average molecular weight is 267 g/mol. The fraction of sp³-hybridized carbons (Fsp3) is 0.273. The second-order valence-electron chi connectivity index (χ2n) is 3.58. The van der Waals surface area contributed by atoms with Crippen molar-refractivity contribution in [2.45, 2.75) is 13.3 Å². The summed E-state index contributed by atoms with van der Waals surface area (Å²) in [7, 11) is 0. The van der Waals surface area contributed by atoms with Crippen LogP contribution in [0.1, 0.15) is 22.2 Å². The summed E-state index contributed by atoms with van der Waals surface area (Å²) in [5.74, 6) is 0.789. The van der Waals surface area contributed by atoms with E-state index in [4.69, 9.17) is 16.1 Å². The maximum Gasteiger partial charge on any atom is 0.269 e. The van der Waals surface area contributed by atoms with Crippen molar-refractivity contribution < 1.29 is 9.32 Å². The molecule has 2 rings (SSSR count). The van der Waals surface area contributed by atoms with Crippen molar-refractivity contribution >= 4 is 17.5 Å². The van der Waals surface area contributed by atoms with E-state index in [1.165, 1.54) is 0 Å². The molecule has 0 radical (unpaired) electrons. The quantitative estimate of drug-likeness (QED) is 0.846. The molecule has 0 fully saturated rings. The molecule has 0 unspecified atom stereocenters. The van der Waals surface area contributed by atoms with Crippen molar-refractivity contribution in [1.29, 1.82) is 0 Å². The first kappa shape index (κ1) is 12.5. The molecule has 0 aromatic carbocycles. The number of hydrogen-bond acceptors (Lipinski definition) is 5. The Labute approximate surface area is 108 Å². The van der Waals surface area contributed by atoms with E-state index >= 15 is 0 Å². The molecule has 0 aliphatic rings. The molecule has 7 heteroatoms. The van der Waals surface area contributed by atoms with Gasteiger partial charge in [-0.05, 0) is 12.1 Å². The smallest absolute Gasteiger partial charge is 0.269 e. The molecule has 0 bridgehead atoms. The highest BCUT2D eigenvalue weighted by Crippen LogP contribution is 2.04. The first-order valence-electron chi connectivity index (χ1n) is 5.35. The van der Waals surface area contributed by atoms with Crippen molar-refractivity contribution in [3.63, 3.8) is 0 Å². The zero-order chi connectivity index (χ0) is 13.0. The Morgan fingerprint density at radius 3 is 2.94 bits per heavy atom. The number of carbonyl (C=O) groups excluding carboxylic acids is 1. The van der Waals surface area contributed by atoms with Crippen molar-refractivity contribution in [2.75, 3.05) is 6.54 Å². The van der Waals surface area contributed by atoms with Gasteiger partial charge in [-0.25, -0.2) is 4.98 Å². The minimum atomic E-state index is -0.280. The van der Waals surface area contributed by atoms with E-state index in [0.717, 1.165) is 0 Å². The summed E-state index contributed by atoms with van der Waals surface area (Å²) in [6.07, 6.45) is 0.504. The summed E-state index contributed by atoms with van der Waals surface area (Å²) in [6.45, 7) is 2.12. The number of nitrogens with one attached hydrogen (secondary N) is 1. The number of hydrogen-bond donors (Lipinski definition) is 1. The van der Waals surface area contributed by atoms with E-state index < -0.39 is 0 Å². The molecule has 94 valence electrons. The van der Waals surface area contributed by atoms with Crippen LogP contribution < -0.4 is 5.32 Å². The molecule has 0 aliphatic carbocycles. The van der Waals surface area contributed by atoms with E-state index in [1.54, 1.807) is 25.1 Å². The number of pyridine rings is 1. The van der Waals surface area contributed by atoms with Gasteiger partial charge in [-0.1, -0.05) is 22.8 Å². The van der Waals surface area contributed by atoms with E-state index in [9.17, 15) is 4.79 Å². The third-order valence-electron chi connectivity index (χ3n) is 2.15. The largest absolute Gasteiger partial charge is 0.350 e. The molecule has 0 saturated carbocycles. The molecule has 2 heterocycles. The summed E-state index contributed by atoms with van der Waals surface area (Å²) in [6, 6.07) is 4.88. The van der Waals surface area contributed by atoms with Gasteiger partial charge < -0.3 is 9.84 Å². The number of carbonyl (C=O) groups is 1. The molecule has 2 aromatic rings. The number of aromatic nitrogens is 3. The molecular formula is C11H11ClN4O2. The third-order valence-corrected chi connectivity index (χ3v) is 2.36. The lowest BCUT2D eigenvalue weighted by molar-refractivity contribution is 0.0949. The number of aryl methyl sites for hydroxylation is 1. The standard InChI is InChI=1S/C11H11ClN4O2/c1-7-14-10(16-18-7)5-6-13-11(17)8-3-2-4-9(12)15-8/h2-4H,5-6H2,1H3,(H,13,17). The molecule has 0 aliphatic heterocycles. The fourth-order valence-electron chi connectivity index (χ4n) is 1.36. The Hall–Kier alpha value is -1.95. The molecule has 18 heavy (non-hydrogen) atoms. The van der Waals surface area contributed by atoms with Gasteiger partial charge in [-0.3, -0.25) is 4.79 Å². The predicted molar refractivity (Wildman–Crippen MR) is 64.3 cm³/mol. The molecule has 0 atom stereocenters. The number of rotatable bonds is 4. The van der Waals surface area contributed by atoms with Gasteiger partial charge >= 0.3 is 0 Å². The molecule has 0 spiro atoms. The Morgan fingerprint density at radius 1 is 1.44 bits per heavy atom. The van der Waals surface area contributed by atoms with Crippen molar-refractivity contribution in [3.05, 3.63) is 40.8 Å². The highest BCUT2D eigenvalue weighted by atomic mass is 35.5. The monoisotopic (exact) mass is 266 g/mol. The van der Waals surface area contributed by atoms with Crippen LogP contribution in [-0.2, 0) is 6.42 Å². The number of halogens is 1. The normalized spacial score (nSPS) is 10.3. The SMILES string of the molecule is Cc1nc(CCNC(=O)c2cccc(Cl)n2)no1. The Balaban J connectivity index is 1.85. The van der Waals surface area contributed by atoms with Gasteiger partial charge in [0.1, 0.15) is 10.8 Å². The van der Waals surface area contributed by atoms with Crippen molar-refractivity contribution in [2.24, 2.45) is 0 Å². The molecule has 1 amide bonds. The number of amides is 1. The van der Waals surface area contributed by atoms with E-state index in [-0.39, 0.29) is 16.8 Å². The van der Waals surface area contributed by atoms with Crippen LogP contribution in [0.25, 0.3) is 0 Å². The highest BCUT2D eigenvalue weighted by Gasteiger charge is 2.08. The Bertz CT molecular complexity index is 555. The molecule has 6 nitrogen and oxygen atoms in total. The zero-order valence-corrected chi connectivity index (χ0v) is 10.4. The minimum absolute atomic E-state index is 0.280. The summed E-state index contributed by atoms with van der Waals surface area (Å²) >= 11 is 5.70. The van der Waals surface area contributed by atoms with E-state index in [2.05, 4.69) is 20.4 Å². The molecule has 1 N–H and O–H groups in total. The fourth-order valence-corrected chi connectivity index (χ4v) is 1.52. The second kappa shape index (κ2) is 5.59. The van der Waals surface area contributed by atoms with Gasteiger partial charge in [-0.15, -0.1) is 0 Å². The van der Waals surface area contributed by atoms with Crippen LogP contribution in [0.5, 0.6) is 0 Å².